The van der Waals surface area contributed by atoms with Gasteiger partial charge in [-0.15, -0.1) is 10.6 Å². The molecule has 0 aromatic heterocycles. The summed E-state index contributed by atoms with van der Waals surface area (Å²) in [5, 5.41) is 7.64. The van der Waals surface area contributed by atoms with Gasteiger partial charge in [0.2, 0.25) is 0 Å². The summed E-state index contributed by atoms with van der Waals surface area (Å²) in [6, 6.07) is 12.1. The van der Waals surface area contributed by atoms with Crippen LogP contribution in [0.5, 0.6) is 0 Å². The van der Waals surface area contributed by atoms with Gasteiger partial charge in [-0.25, -0.2) is 5.53 Å². The van der Waals surface area contributed by atoms with Gasteiger partial charge in [0.25, 0.3) is 11.8 Å². The number of hydrogen-bond donors (Lipinski definition) is 4. The van der Waals surface area contributed by atoms with Crippen LogP contribution in [0.15, 0.2) is 52.6 Å². The fourth-order valence-corrected chi connectivity index (χ4v) is 7.05. The Morgan fingerprint density at radius 2 is 1.78 bits per heavy atom. The van der Waals surface area contributed by atoms with E-state index >= 15 is 0 Å². The molecule has 242 valence electrons. The van der Waals surface area contributed by atoms with Crippen LogP contribution < -0.4 is 21.8 Å². The van der Waals surface area contributed by atoms with Gasteiger partial charge in [0.15, 0.2) is 5.84 Å². The minimum atomic E-state index is -2.11. The number of rotatable bonds is 8. The van der Waals surface area contributed by atoms with Crippen molar-refractivity contribution in [1.29, 1.82) is 0 Å². The topological polar surface area (TPSA) is 110 Å². The van der Waals surface area contributed by atoms with Crippen molar-refractivity contribution in [2.24, 2.45) is 26.8 Å². The van der Waals surface area contributed by atoms with E-state index in [9.17, 15) is 9.59 Å². The quantitative estimate of drug-likeness (QED) is 0.250. The van der Waals surface area contributed by atoms with E-state index < -0.39 is 17.9 Å². The van der Waals surface area contributed by atoms with E-state index in [2.05, 4.69) is 47.7 Å². The molecule has 1 aliphatic carbocycles. The van der Waals surface area contributed by atoms with E-state index in [0.29, 0.717) is 64.8 Å². The predicted molar refractivity (Wildman–Crippen MR) is 181 cm³/mol. The molecule has 1 saturated carbocycles. The number of nitrogens with zero attached hydrogens (tertiary/aromatic N) is 3. The zero-order valence-electron chi connectivity index (χ0n) is 29.6. The molecule has 3 aliphatic rings. The molecule has 9 nitrogen and oxygen atoms in total. The first kappa shape index (κ1) is 29.3. The van der Waals surface area contributed by atoms with Crippen LogP contribution >= 0.6 is 23.2 Å². The van der Waals surface area contributed by atoms with Crippen molar-refractivity contribution in [3.05, 3.63) is 69.2 Å². The molecule has 1 spiro atoms. The van der Waals surface area contributed by atoms with Crippen molar-refractivity contribution >= 4 is 46.6 Å². The monoisotopic (exact) mass is 656 g/mol. The highest BCUT2D eigenvalue weighted by molar-refractivity contribution is 6.47. The van der Waals surface area contributed by atoms with Crippen LogP contribution in [-0.4, -0.2) is 40.5 Å². The Morgan fingerprint density at radius 1 is 1.11 bits per heavy atom. The maximum absolute atomic E-state index is 14.7. The molecule has 2 aromatic carbocycles. The van der Waals surface area contributed by atoms with E-state index in [1.54, 1.807) is 30.3 Å². The molecule has 0 saturated heterocycles. The van der Waals surface area contributed by atoms with E-state index in [1.165, 1.54) is 0 Å². The summed E-state index contributed by atoms with van der Waals surface area (Å²) in [6.07, 6.45) is 3.75. The second-order valence-electron chi connectivity index (χ2n) is 14.1. The Bertz CT molecular complexity index is 1570. The van der Waals surface area contributed by atoms with Crippen LogP contribution in [0, 0.1) is 16.7 Å². The summed E-state index contributed by atoms with van der Waals surface area (Å²) in [6.45, 7) is 8.25. The van der Waals surface area contributed by atoms with Crippen LogP contribution in [0.4, 0.5) is 0 Å². The first-order chi connectivity index (χ1) is 22.4. The summed E-state index contributed by atoms with van der Waals surface area (Å²) in [5.41, 5.74) is 8.45. The van der Waals surface area contributed by atoms with Gasteiger partial charge >= 0.3 is 0 Å². The maximum Gasteiger partial charge on any atom is 0.275 e. The number of hydrazone groups is 1. The predicted octanol–water partition coefficient (Wildman–Crippen LogP) is 6.78. The number of aliphatic imine (C=N–C) groups is 1. The second kappa shape index (κ2) is 12.9. The molecule has 4 N–H and O–H groups in total. The molecule has 2 aromatic rings. The lowest BCUT2D eigenvalue weighted by molar-refractivity contribution is -0.134. The van der Waals surface area contributed by atoms with Gasteiger partial charge < -0.3 is 10.2 Å². The third kappa shape index (κ3) is 7.64. The fraction of sp³-hybridized carbons (Fsp3) is 0.529. The number of amidine groups is 1. The molecule has 11 heteroatoms. The van der Waals surface area contributed by atoms with Crippen molar-refractivity contribution in [3.8, 4) is 0 Å². The molecule has 1 atom stereocenters. The number of hydrazine groups is 2. The van der Waals surface area contributed by atoms with Gasteiger partial charge in [0, 0.05) is 25.3 Å². The van der Waals surface area contributed by atoms with Gasteiger partial charge in [-0.3, -0.25) is 20.0 Å². The molecule has 2 aliphatic heterocycles. The van der Waals surface area contributed by atoms with Crippen LogP contribution in [0.1, 0.15) is 112 Å². The molecular formula is C34H45Cl2N7O2. The number of hydrogen-bond acceptors (Lipinski definition) is 7. The van der Waals surface area contributed by atoms with Gasteiger partial charge in [-0.1, -0.05) is 76.8 Å². The largest absolute Gasteiger partial charge is 0.345 e. The molecule has 2 heterocycles. The summed E-state index contributed by atoms with van der Waals surface area (Å²) >= 11 is 12.8. The normalized spacial score (nSPS) is 23.8. The highest BCUT2D eigenvalue weighted by Crippen LogP contribution is 2.50. The van der Waals surface area contributed by atoms with Crippen molar-refractivity contribution in [3.63, 3.8) is 0 Å². The summed E-state index contributed by atoms with van der Waals surface area (Å²) in [4.78, 5) is 34.8. The molecule has 5 rings (SSSR count). The minimum Gasteiger partial charge on any atom is -0.345 e. The Labute approximate surface area is 280 Å². The standard InChI is InChI=1S/C34H45Cl2N7O2/c1-32(2,3)14-13-27(21-7-9-22(10-8-21)30(44)37-20-28-39-41-42-40-28)43-31(45)29(23-17-25(35)19-26(36)18-23)38-34(43)15-11-24(12-16-34)33(4,5)6/h7-10,17-19,24,27,41-42H,11-16,20H2,1-6H3,(H,37,44)(H,39,40)/t24?,27-,34?/m1/s1/i4D3. The summed E-state index contributed by atoms with van der Waals surface area (Å²) < 4.78 is 24.6. The number of carbonyl (C=O) groups excluding carboxylic acids is 2. The first-order valence-electron chi connectivity index (χ1n) is 17.0. The fourth-order valence-electron chi connectivity index (χ4n) is 6.52. The summed E-state index contributed by atoms with van der Waals surface area (Å²) in [5.74, 6) is 0.0234. The van der Waals surface area contributed by atoms with E-state index in [4.69, 9.17) is 32.3 Å². The lowest BCUT2D eigenvalue weighted by Gasteiger charge is -2.47. The minimum absolute atomic E-state index is 0.0136. The number of nitrogens with one attached hydrogen (secondary N) is 4. The van der Waals surface area contributed by atoms with Crippen LogP contribution in [0.3, 0.4) is 0 Å². The Balaban J connectivity index is 1.51. The van der Waals surface area contributed by atoms with Gasteiger partial charge in [-0.05, 0) is 91.2 Å². The lowest BCUT2D eigenvalue weighted by Crippen LogP contribution is -2.51. The highest BCUT2D eigenvalue weighted by Gasteiger charge is 2.52. The Hall–Kier alpha value is -3.14. The molecular weight excluding hydrogens is 609 g/mol. The number of benzene rings is 2. The van der Waals surface area contributed by atoms with E-state index in [0.717, 1.165) is 12.0 Å². The zero-order chi connectivity index (χ0) is 35.1. The molecule has 0 radical (unpaired) electrons. The third-order valence-corrected chi connectivity index (χ3v) is 9.48. The number of carbonyl (C=O) groups is 2. The zero-order valence-corrected chi connectivity index (χ0v) is 28.1. The highest BCUT2D eigenvalue weighted by atomic mass is 35.5. The SMILES string of the molecule is [2H]C([2H])([2H])C(C)(C)C1CCC2(CC1)N=C(c1cc(Cl)cc(Cl)c1)C(=O)N2[C@H](CCC(C)(C)C)c1ccc(C(=O)NCC2=NNNN2)cc1. The van der Waals surface area contributed by atoms with E-state index in [-0.39, 0.29) is 35.7 Å². The van der Waals surface area contributed by atoms with Gasteiger partial charge in [0.05, 0.1) is 12.6 Å². The van der Waals surface area contributed by atoms with Crippen LogP contribution in [-0.2, 0) is 4.79 Å². The Morgan fingerprint density at radius 3 is 2.36 bits per heavy atom. The number of amides is 2. The maximum atomic E-state index is 14.7. The molecule has 0 bridgehead atoms. The molecule has 1 fully saturated rings. The van der Waals surface area contributed by atoms with Crippen molar-refractivity contribution in [2.75, 3.05) is 6.54 Å². The second-order valence-corrected chi connectivity index (χ2v) is 15.0. The van der Waals surface area contributed by atoms with Gasteiger partial charge in [0.1, 0.15) is 11.4 Å². The van der Waals surface area contributed by atoms with E-state index in [1.807, 2.05) is 30.9 Å². The Kier molecular flexibility index (Phi) is 8.41. The smallest absolute Gasteiger partial charge is 0.275 e. The summed E-state index contributed by atoms with van der Waals surface area (Å²) in [7, 11) is 0. The average Bonchev–Trinajstić information content (AvgIpc) is 3.62. The van der Waals surface area contributed by atoms with Crippen LogP contribution in [0.25, 0.3) is 0 Å². The van der Waals surface area contributed by atoms with Crippen molar-refractivity contribution in [2.45, 2.75) is 91.7 Å². The third-order valence-electron chi connectivity index (χ3n) is 9.04. The van der Waals surface area contributed by atoms with Crippen molar-refractivity contribution in [1.82, 2.24) is 26.7 Å². The van der Waals surface area contributed by atoms with Crippen molar-refractivity contribution < 1.29 is 13.7 Å². The molecule has 2 amide bonds. The average molecular weight is 658 g/mol. The van der Waals surface area contributed by atoms with Crippen LogP contribution in [0.2, 0.25) is 10.0 Å². The molecule has 45 heavy (non-hydrogen) atoms. The lowest BCUT2D eigenvalue weighted by atomic mass is 9.69. The first-order valence-corrected chi connectivity index (χ1v) is 16.3. The van der Waals surface area contributed by atoms with Gasteiger partial charge in [-0.2, -0.15) is 0 Å². The molecule has 0 unspecified atom stereocenters. The number of halogens is 2.